The fraction of sp³-hybridized carbons (Fsp3) is 0.182. The molecule has 27 heavy (non-hydrogen) atoms. The number of benzene rings is 2. The molecule has 4 nitrogen and oxygen atoms in total. The molecule has 0 atom stereocenters. The van der Waals surface area contributed by atoms with E-state index in [4.69, 9.17) is 4.74 Å². The summed E-state index contributed by atoms with van der Waals surface area (Å²) in [5.74, 6) is 0.393. The maximum Gasteiger partial charge on any atom is 0.261 e. The van der Waals surface area contributed by atoms with E-state index in [0.29, 0.717) is 13.2 Å². The smallest absolute Gasteiger partial charge is 0.261 e. The average molecular weight is 472 g/mol. The molecular weight excluding hydrogens is 451 g/mol. The number of carbonyl (C=O) groups excluding carboxylic acids is 1. The molecule has 0 aliphatic heterocycles. The highest BCUT2D eigenvalue weighted by Gasteiger charge is 2.09. The maximum absolute atomic E-state index is 12.2. The van der Waals surface area contributed by atoms with Crippen LogP contribution < -0.4 is 10.1 Å². The van der Waals surface area contributed by atoms with Crippen LogP contribution in [0.2, 0.25) is 0 Å². The number of hydrogen-bond donors (Lipinski definition) is 1. The number of hydrogen-bond acceptors (Lipinski definition) is 3. The Labute approximate surface area is 173 Å². The predicted octanol–water partition coefficient (Wildman–Crippen LogP) is 4.51. The molecular formula is C22H21IN2O2. The normalized spacial score (nSPS) is 10.7. The van der Waals surface area contributed by atoms with Crippen molar-refractivity contribution in [3.05, 3.63) is 81.5 Å². The first-order valence-electron chi connectivity index (χ1n) is 8.61. The summed E-state index contributed by atoms with van der Waals surface area (Å²) in [5.41, 5.74) is 2.10. The molecule has 1 amide bonds. The monoisotopic (exact) mass is 472 g/mol. The molecule has 0 spiro atoms. The second kappa shape index (κ2) is 11.2. The van der Waals surface area contributed by atoms with Crippen LogP contribution in [0.15, 0.2) is 66.8 Å². The number of amides is 1. The second-order valence-corrected chi connectivity index (χ2v) is 6.97. The number of ether oxygens (including phenoxy) is 1. The Bertz CT molecular complexity index is 854. The summed E-state index contributed by atoms with van der Waals surface area (Å²) in [6, 6.07) is 17.6. The Balaban J connectivity index is 1.92. The van der Waals surface area contributed by atoms with Crippen LogP contribution in [0, 0.1) is 14.9 Å². The molecule has 0 radical (unpaired) electrons. The van der Waals surface area contributed by atoms with Crippen molar-refractivity contribution in [3.8, 4) is 11.8 Å². The third kappa shape index (κ3) is 6.91. The molecule has 5 heteroatoms. The minimum Gasteiger partial charge on any atom is -0.488 e. The van der Waals surface area contributed by atoms with E-state index in [1.165, 1.54) is 5.56 Å². The summed E-state index contributed by atoms with van der Waals surface area (Å²) in [6.45, 7) is 4.58. The molecule has 2 aromatic carbocycles. The third-order valence-electron chi connectivity index (χ3n) is 3.76. The van der Waals surface area contributed by atoms with Crippen molar-refractivity contribution in [2.45, 2.75) is 12.8 Å². The van der Waals surface area contributed by atoms with Crippen molar-refractivity contribution < 1.29 is 9.53 Å². The van der Waals surface area contributed by atoms with Gasteiger partial charge in [0.1, 0.15) is 24.0 Å². The summed E-state index contributed by atoms with van der Waals surface area (Å²) < 4.78 is 6.44. The highest BCUT2D eigenvalue weighted by Crippen LogP contribution is 2.23. The number of rotatable bonds is 9. The van der Waals surface area contributed by atoms with E-state index in [2.05, 4.69) is 46.6 Å². The van der Waals surface area contributed by atoms with Gasteiger partial charge in [-0.05, 0) is 64.8 Å². The van der Waals surface area contributed by atoms with Crippen LogP contribution in [0.4, 0.5) is 0 Å². The molecule has 0 unspecified atom stereocenters. The van der Waals surface area contributed by atoms with Gasteiger partial charge in [0.25, 0.3) is 5.91 Å². The van der Waals surface area contributed by atoms with Crippen LogP contribution in [-0.2, 0) is 11.2 Å². The lowest BCUT2D eigenvalue weighted by Gasteiger charge is -2.07. The number of nitriles is 1. The van der Waals surface area contributed by atoms with Crippen LogP contribution in [0.5, 0.6) is 5.75 Å². The Morgan fingerprint density at radius 3 is 2.70 bits per heavy atom. The molecule has 0 saturated carbocycles. The van der Waals surface area contributed by atoms with E-state index in [1.807, 2.05) is 42.5 Å². The fourth-order valence-electron chi connectivity index (χ4n) is 2.42. The van der Waals surface area contributed by atoms with E-state index >= 15 is 0 Å². The second-order valence-electron chi connectivity index (χ2n) is 5.80. The number of aryl methyl sites for hydroxylation is 1. The van der Waals surface area contributed by atoms with Gasteiger partial charge >= 0.3 is 0 Å². The van der Waals surface area contributed by atoms with Crippen molar-refractivity contribution >= 4 is 34.6 Å². The standard InChI is InChI=1S/C22H21IN2O2/c1-2-13-27-21-11-10-18(15-20(21)23)14-19(16-24)22(26)25-12-6-9-17-7-4-3-5-8-17/h2-5,7-8,10-11,14-15H,1,6,9,12-13H2,(H,25,26)/b19-14-. The van der Waals surface area contributed by atoms with Crippen LogP contribution >= 0.6 is 22.6 Å². The number of nitrogens with one attached hydrogen (secondary N) is 1. The summed E-state index contributed by atoms with van der Waals surface area (Å²) in [6.07, 6.45) is 4.98. The first-order chi connectivity index (χ1) is 13.1. The number of nitrogens with zero attached hydrogens (tertiary/aromatic N) is 1. The van der Waals surface area contributed by atoms with Gasteiger partial charge in [-0.25, -0.2) is 0 Å². The van der Waals surface area contributed by atoms with Crippen LogP contribution in [-0.4, -0.2) is 19.1 Å². The van der Waals surface area contributed by atoms with E-state index < -0.39 is 0 Å². The topological polar surface area (TPSA) is 62.1 Å². The zero-order valence-corrected chi connectivity index (χ0v) is 17.1. The maximum atomic E-state index is 12.2. The van der Waals surface area contributed by atoms with Crippen molar-refractivity contribution in [1.29, 1.82) is 5.26 Å². The van der Waals surface area contributed by atoms with Gasteiger partial charge in [-0.1, -0.05) is 49.1 Å². The summed E-state index contributed by atoms with van der Waals surface area (Å²) >= 11 is 2.16. The predicted molar refractivity (Wildman–Crippen MR) is 116 cm³/mol. The Morgan fingerprint density at radius 1 is 1.26 bits per heavy atom. The Morgan fingerprint density at radius 2 is 2.04 bits per heavy atom. The van der Waals surface area contributed by atoms with Crippen LogP contribution in [0.3, 0.4) is 0 Å². The molecule has 0 aliphatic carbocycles. The Hall–Kier alpha value is -2.59. The van der Waals surface area contributed by atoms with Crippen molar-refractivity contribution in [2.75, 3.05) is 13.2 Å². The molecule has 0 aromatic heterocycles. The summed E-state index contributed by atoms with van der Waals surface area (Å²) in [7, 11) is 0. The molecule has 2 aromatic rings. The van der Waals surface area contributed by atoms with E-state index in [9.17, 15) is 10.1 Å². The molecule has 0 heterocycles. The van der Waals surface area contributed by atoms with Gasteiger partial charge in [-0.15, -0.1) is 0 Å². The first-order valence-corrected chi connectivity index (χ1v) is 9.69. The zero-order chi connectivity index (χ0) is 19.5. The average Bonchev–Trinajstić information content (AvgIpc) is 2.69. The molecule has 0 aliphatic rings. The largest absolute Gasteiger partial charge is 0.488 e. The highest BCUT2D eigenvalue weighted by molar-refractivity contribution is 14.1. The van der Waals surface area contributed by atoms with Gasteiger partial charge in [-0.2, -0.15) is 5.26 Å². The van der Waals surface area contributed by atoms with Crippen molar-refractivity contribution in [3.63, 3.8) is 0 Å². The molecule has 0 saturated heterocycles. The van der Waals surface area contributed by atoms with E-state index in [-0.39, 0.29) is 11.5 Å². The highest BCUT2D eigenvalue weighted by atomic mass is 127. The lowest BCUT2D eigenvalue weighted by atomic mass is 10.1. The van der Waals surface area contributed by atoms with E-state index in [1.54, 1.807) is 12.2 Å². The molecule has 0 fully saturated rings. The van der Waals surface area contributed by atoms with Gasteiger partial charge in [0.05, 0.1) is 3.57 Å². The first kappa shape index (κ1) is 20.7. The minimum atomic E-state index is -0.354. The molecule has 138 valence electrons. The zero-order valence-electron chi connectivity index (χ0n) is 15.0. The lowest BCUT2D eigenvalue weighted by molar-refractivity contribution is -0.117. The van der Waals surface area contributed by atoms with Gasteiger partial charge in [0, 0.05) is 6.54 Å². The molecule has 0 bridgehead atoms. The van der Waals surface area contributed by atoms with E-state index in [0.717, 1.165) is 27.7 Å². The van der Waals surface area contributed by atoms with Gasteiger partial charge in [0.2, 0.25) is 0 Å². The molecule has 1 N–H and O–H groups in total. The van der Waals surface area contributed by atoms with Crippen molar-refractivity contribution in [2.24, 2.45) is 0 Å². The van der Waals surface area contributed by atoms with Crippen LogP contribution in [0.25, 0.3) is 6.08 Å². The van der Waals surface area contributed by atoms with Gasteiger partial charge in [-0.3, -0.25) is 4.79 Å². The summed E-state index contributed by atoms with van der Waals surface area (Å²) in [5, 5.41) is 12.1. The SMILES string of the molecule is C=CCOc1ccc(/C=C(/C#N)C(=O)NCCCc2ccccc2)cc1I. The van der Waals surface area contributed by atoms with Gasteiger partial charge < -0.3 is 10.1 Å². The lowest BCUT2D eigenvalue weighted by Crippen LogP contribution is -2.25. The number of halogens is 1. The Kier molecular flexibility index (Phi) is 8.59. The quantitative estimate of drug-likeness (QED) is 0.192. The third-order valence-corrected chi connectivity index (χ3v) is 4.60. The fourth-order valence-corrected chi connectivity index (χ4v) is 3.12. The van der Waals surface area contributed by atoms with Crippen LogP contribution in [0.1, 0.15) is 17.5 Å². The van der Waals surface area contributed by atoms with Gasteiger partial charge in [0.15, 0.2) is 0 Å². The van der Waals surface area contributed by atoms with Crippen molar-refractivity contribution in [1.82, 2.24) is 5.32 Å². The molecule has 2 rings (SSSR count). The number of carbonyl (C=O) groups is 1. The minimum absolute atomic E-state index is 0.0882. The summed E-state index contributed by atoms with van der Waals surface area (Å²) in [4.78, 5) is 12.2.